The molecule has 13 heavy (non-hydrogen) atoms. The summed E-state index contributed by atoms with van der Waals surface area (Å²) in [5.74, 6) is 1.04. The van der Waals surface area contributed by atoms with Gasteiger partial charge in [0.25, 0.3) is 0 Å². The smallest absolute Gasteiger partial charge is 0.211 e. The van der Waals surface area contributed by atoms with Gasteiger partial charge in [-0.3, -0.25) is 4.79 Å². The van der Waals surface area contributed by atoms with Gasteiger partial charge in [-0.1, -0.05) is 20.8 Å². The van der Waals surface area contributed by atoms with E-state index < -0.39 is 0 Å². The van der Waals surface area contributed by atoms with E-state index in [1.807, 2.05) is 16.7 Å². The van der Waals surface area contributed by atoms with Crippen LogP contribution in [0.25, 0.3) is 0 Å². The van der Waals surface area contributed by atoms with Crippen molar-refractivity contribution in [2.24, 2.45) is 5.41 Å². The van der Waals surface area contributed by atoms with Crippen LogP contribution in [0.5, 0.6) is 0 Å². The van der Waals surface area contributed by atoms with Crippen molar-refractivity contribution in [2.45, 2.75) is 45.5 Å². The normalized spacial score (nSPS) is 27.8. The Morgan fingerprint density at radius 1 is 1.46 bits per heavy atom. The fourth-order valence-corrected chi connectivity index (χ4v) is 3.33. The Morgan fingerprint density at radius 2 is 2.00 bits per heavy atom. The molecule has 0 saturated carbocycles. The van der Waals surface area contributed by atoms with E-state index in [0.717, 1.165) is 12.2 Å². The summed E-state index contributed by atoms with van der Waals surface area (Å²) in [5.41, 5.74) is 0.184. The minimum absolute atomic E-state index is 0.0182. The summed E-state index contributed by atoms with van der Waals surface area (Å²) in [7, 11) is 0. The molecule has 1 aliphatic rings. The Kier molecular flexibility index (Phi) is 2.68. The lowest BCUT2D eigenvalue weighted by Gasteiger charge is -2.37. The third-order valence-corrected chi connectivity index (χ3v) is 4.52. The molecule has 1 fully saturated rings. The second kappa shape index (κ2) is 3.19. The summed E-state index contributed by atoms with van der Waals surface area (Å²) in [6.45, 7) is 10.8. The number of nitrogens with zero attached hydrogens (tertiary/aromatic N) is 1. The highest BCUT2D eigenvalue weighted by Gasteiger charge is 2.44. The van der Waals surface area contributed by atoms with Crippen molar-refractivity contribution in [1.82, 2.24) is 4.90 Å². The van der Waals surface area contributed by atoms with Gasteiger partial charge < -0.3 is 4.90 Å². The molecule has 1 saturated heterocycles. The first-order chi connectivity index (χ1) is 5.79. The maximum absolute atomic E-state index is 11.0. The van der Waals surface area contributed by atoms with Crippen LogP contribution in [-0.2, 0) is 4.79 Å². The molecule has 0 aromatic carbocycles. The lowest BCUT2D eigenvalue weighted by Crippen LogP contribution is -2.47. The zero-order valence-electron chi connectivity index (χ0n) is 9.13. The third kappa shape index (κ3) is 2.01. The summed E-state index contributed by atoms with van der Waals surface area (Å²) in [5, 5.41) is 0.319. The Hall–Kier alpha value is -0.180. The van der Waals surface area contributed by atoms with Gasteiger partial charge in [0.1, 0.15) is 0 Å². The Morgan fingerprint density at radius 3 is 2.31 bits per heavy atom. The summed E-state index contributed by atoms with van der Waals surface area (Å²) in [6.07, 6.45) is 0.996. The standard InChI is InChI=1S/C10H19NOS/c1-9(2,3)8-11(7-12)10(4,5)6-13-8/h7-8H,6H2,1-5H3/t8-/m1/s1. The van der Waals surface area contributed by atoms with E-state index in [9.17, 15) is 4.79 Å². The van der Waals surface area contributed by atoms with Crippen molar-refractivity contribution < 1.29 is 4.79 Å². The summed E-state index contributed by atoms with van der Waals surface area (Å²) < 4.78 is 0. The van der Waals surface area contributed by atoms with E-state index in [2.05, 4.69) is 34.6 Å². The zero-order chi connectivity index (χ0) is 10.3. The predicted octanol–water partition coefficient (Wildman–Crippen LogP) is 2.34. The Balaban J connectivity index is 2.87. The van der Waals surface area contributed by atoms with E-state index in [-0.39, 0.29) is 11.0 Å². The SMILES string of the molecule is CC(C)(C)[C@H]1SCC(C)(C)N1C=O. The lowest BCUT2D eigenvalue weighted by atomic mass is 9.93. The molecule has 1 amide bonds. The summed E-state index contributed by atoms with van der Waals surface area (Å²) >= 11 is 1.88. The molecule has 1 rings (SSSR count). The van der Waals surface area contributed by atoms with Crippen LogP contribution in [0.4, 0.5) is 0 Å². The monoisotopic (exact) mass is 201 g/mol. The quantitative estimate of drug-likeness (QED) is 0.607. The van der Waals surface area contributed by atoms with Crippen molar-refractivity contribution in [1.29, 1.82) is 0 Å². The molecule has 0 aliphatic carbocycles. The molecule has 0 radical (unpaired) electrons. The minimum atomic E-state index is 0.0182. The average molecular weight is 201 g/mol. The number of thioether (sulfide) groups is 1. The molecule has 1 aliphatic heterocycles. The predicted molar refractivity (Wildman–Crippen MR) is 57.7 cm³/mol. The molecular formula is C10H19NOS. The van der Waals surface area contributed by atoms with E-state index in [1.54, 1.807) is 0 Å². The molecule has 0 bridgehead atoms. The topological polar surface area (TPSA) is 20.3 Å². The molecule has 1 atom stereocenters. The van der Waals surface area contributed by atoms with Crippen LogP contribution in [0.2, 0.25) is 0 Å². The van der Waals surface area contributed by atoms with E-state index >= 15 is 0 Å². The fourth-order valence-electron chi connectivity index (χ4n) is 1.62. The van der Waals surface area contributed by atoms with Crippen LogP contribution < -0.4 is 0 Å². The average Bonchev–Trinajstić information content (AvgIpc) is 2.23. The molecule has 0 unspecified atom stereocenters. The Bertz CT molecular complexity index is 207. The van der Waals surface area contributed by atoms with Crippen molar-refractivity contribution in [2.75, 3.05) is 5.75 Å². The molecule has 1 heterocycles. The number of hydrogen-bond acceptors (Lipinski definition) is 2. The van der Waals surface area contributed by atoms with Gasteiger partial charge in [0.15, 0.2) is 0 Å². The molecule has 0 aromatic rings. The molecule has 0 spiro atoms. The van der Waals surface area contributed by atoms with Crippen LogP contribution in [0, 0.1) is 5.41 Å². The fraction of sp³-hybridized carbons (Fsp3) is 0.900. The highest BCUT2D eigenvalue weighted by atomic mass is 32.2. The van der Waals surface area contributed by atoms with Gasteiger partial charge in [0.2, 0.25) is 6.41 Å². The Labute approximate surface area is 85.1 Å². The first-order valence-electron chi connectivity index (χ1n) is 4.64. The van der Waals surface area contributed by atoms with Crippen molar-refractivity contribution in [3.8, 4) is 0 Å². The van der Waals surface area contributed by atoms with E-state index in [0.29, 0.717) is 5.37 Å². The number of hydrogen-bond donors (Lipinski definition) is 0. The van der Waals surface area contributed by atoms with Gasteiger partial charge in [-0.05, 0) is 19.3 Å². The van der Waals surface area contributed by atoms with Crippen molar-refractivity contribution >= 4 is 18.2 Å². The van der Waals surface area contributed by atoms with Gasteiger partial charge in [0, 0.05) is 11.3 Å². The molecular weight excluding hydrogens is 182 g/mol. The van der Waals surface area contributed by atoms with Crippen LogP contribution in [-0.4, -0.2) is 28.0 Å². The van der Waals surface area contributed by atoms with Gasteiger partial charge in [0.05, 0.1) is 5.37 Å². The van der Waals surface area contributed by atoms with Crippen LogP contribution >= 0.6 is 11.8 Å². The third-order valence-electron chi connectivity index (χ3n) is 2.40. The number of carbonyl (C=O) groups excluding carboxylic acids is 1. The number of carbonyl (C=O) groups is 1. The van der Waals surface area contributed by atoms with Crippen molar-refractivity contribution in [3.05, 3.63) is 0 Å². The zero-order valence-corrected chi connectivity index (χ0v) is 9.94. The largest absolute Gasteiger partial charge is 0.327 e. The highest BCUT2D eigenvalue weighted by Crippen LogP contribution is 2.43. The van der Waals surface area contributed by atoms with Crippen LogP contribution in [0.3, 0.4) is 0 Å². The maximum atomic E-state index is 11.0. The second-order valence-corrected chi connectivity index (χ2v) is 6.42. The second-order valence-electron chi connectivity index (χ2n) is 5.35. The molecule has 0 aromatic heterocycles. The molecule has 2 nitrogen and oxygen atoms in total. The summed E-state index contributed by atoms with van der Waals surface area (Å²) in [6, 6.07) is 0. The molecule has 76 valence electrons. The minimum Gasteiger partial charge on any atom is -0.327 e. The van der Waals surface area contributed by atoms with Gasteiger partial charge in [-0.25, -0.2) is 0 Å². The van der Waals surface area contributed by atoms with Gasteiger partial charge in [-0.15, -0.1) is 11.8 Å². The molecule has 3 heteroatoms. The summed E-state index contributed by atoms with van der Waals surface area (Å²) in [4.78, 5) is 12.9. The lowest BCUT2D eigenvalue weighted by molar-refractivity contribution is -0.124. The first kappa shape index (κ1) is 10.9. The number of amides is 1. The van der Waals surface area contributed by atoms with E-state index in [1.165, 1.54) is 0 Å². The van der Waals surface area contributed by atoms with E-state index in [4.69, 9.17) is 0 Å². The highest BCUT2D eigenvalue weighted by molar-refractivity contribution is 8.00. The van der Waals surface area contributed by atoms with Crippen LogP contribution in [0.1, 0.15) is 34.6 Å². The van der Waals surface area contributed by atoms with Gasteiger partial charge >= 0.3 is 0 Å². The maximum Gasteiger partial charge on any atom is 0.211 e. The molecule has 0 N–H and O–H groups in total. The first-order valence-corrected chi connectivity index (χ1v) is 5.69. The number of rotatable bonds is 1. The van der Waals surface area contributed by atoms with Crippen LogP contribution in [0.15, 0.2) is 0 Å². The van der Waals surface area contributed by atoms with Gasteiger partial charge in [-0.2, -0.15) is 0 Å². The van der Waals surface area contributed by atoms with Crippen molar-refractivity contribution in [3.63, 3.8) is 0 Å².